The molecule has 41 heavy (non-hydrogen) atoms. The van der Waals surface area contributed by atoms with Crippen molar-refractivity contribution in [3.05, 3.63) is 88.5 Å². The Morgan fingerprint density at radius 3 is 2.44 bits per heavy atom. The van der Waals surface area contributed by atoms with Crippen LogP contribution in [0.1, 0.15) is 65.1 Å². The molecule has 2 atom stereocenters. The Balaban J connectivity index is 1.43. The number of fused-ring (bicyclic) bond motifs is 1. The Hall–Kier alpha value is -3.99. The zero-order chi connectivity index (χ0) is 29.5. The van der Waals surface area contributed by atoms with Crippen LogP contribution in [-0.2, 0) is 11.7 Å². The van der Waals surface area contributed by atoms with Gasteiger partial charge >= 0.3 is 6.18 Å². The molecule has 4 aromatic rings. The number of halogens is 4. The first-order valence-electron chi connectivity index (χ1n) is 13.1. The highest BCUT2D eigenvalue weighted by Crippen LogP contribution is 2.36. The first-order chi connectivity index (χ1) is 19.3. The van der Waals surface area contributed by atoms with Crippen molar-refractivity contribution >= 4 is 34.4 Å². The molecule has 1 N–H and O–H groups in total. The molecule has 0 bridgehead atoms. The van der Waals surface area contributed by atoms with E-state index in [9.17, 15) is 22.8 Å². The van der Waals surface area contributed by atoms with E-state index in [1.54, 1.807) is 37.8 Å². The summed E-state index contributed by atoms with van der Waals surface area (Å²) in [6.07, 6.45) is -0.456. The third kappa shape index (κ3) is 5.76. The zero-order valence-corrected chi connectivity index (χ0v) is 23.4. The minimum Gasteiger partial charge on any atom is -0.348 e. The van der Waals surface area contributed by atoms with Gasteiger partial charge in [-0.05, 0) is 44.9 Å². The molecule has 1 saturated heterocycles. The standard InChI is InChI=1S/C29H28ClF3N6O2/c1-28(2,3)39-25(29(31,32)33)19(15-36-39)26(40)37-22-9-12-38(16-20(22)17-7-5-4-6-8-17)27(41)18-13-21(30)24-23(14-18)34-10-11-35-24/h4-8,10-11,13-15,20,22H,9,12,16H2,1-3H3,(H,37,40)/t20-,22-/m1/s1. The SMILES string of the molecule is CC(C)(C)n1ncc(C(=O)N[C@@H]2CCN(C(=O)c3cc(Cl)c4nccnc4c3)C[C@@H]2c2ccccc2)c1C(F)(F)F. The van der Waals surface area contributed by atoms with E-state index in [2.05, 4.69) is 20.4 Å². The Labute approximate surface area is 239 Å². The number of hydrogen-bond acceptors (Lipinski definition) is 5. The molecule has 214 valence electrons. The number of rotatable bonds is 4. The summed E-state index contributed by atoms with van der Waals surface area (Å²) in [6.45, 7) is 5.27. The third-order valence-corrected chi connectivity index (χ3v) is 7.42. The summed E-state index contributed by atoms with van der Waals surface area (Å²) in [5.74, 6) is -1.50. The van der Waals surface area contributed by atoms with E-state index < -0.39 is 34.9 Å². The highest BCUT2D eigenvalue weighted by Gasteiger charge is 2.43. The van der Waals surface area contributed by atoms with Crippen molar-refractivity contribution in [1.82, 2.24) is 30.0 Å². The molecular weight excluding hydrogens is 557 g/mol. The van der Waals surface area contributed by atoms with Gasteiger partial charge in [0.25, 0.3) is 11.8 Å². The lowest BCUT2D eigenvalue weighted by Crippen LogP contribution is -2.51. The van der Waals surface area contributed by atoms with Gasteiger partial charge in [-0.15, -0.1) is 0 Å². The second-order valence-electron chi connectivity index (χ2n) is 11.0. The van der Waals surface area contributed by atoms with Crippen LogP contribution in [0.15, 0.2) is 61.1 Å². The average molecular weight is 585 g/mol. The number of alkyl halides is 3. The monoisotopic (exact) mass is 584 g/mol. The number of nitrogens with one attached hydrogen (secondary N) is 1. The quantitative estimate of drug-likeness (QED) is 0.333. The lowest BCUT2D eigenvalue weighted by molar-refractivity contribution is -0.146. The van der Waals surface area contributed by atoms with Gasteiger partial charge in [0.1, 0.15) is 5.52 Å². The number of aromatic nitrogens is 4. The largest absolute Gasteiger partial charge is 0.433 e. The maximum atomic E-state index is 14.1. The molecule has 0 radical (unpaired) electrons. The van der Waals surface area contributed by atoms with Crippen LogP contribution in [0, 0.1) is 0 Å². The molecule has 0 unspecified atom stereocenters. The Bertz CT molecular complexity index is 1600. The summed E-state index contributed by atoms with van der Waals surface area (Å²) in [5, 5.41) is 7.03. The Kier molecular flexibility index (Phi) is 7.50. The number of piperidine rings is 1. The fourth-order valence-electron chi connectivity index (χ4n) is 5.23. The van der Waals surface area contributed by atoms with Crippen LogP contribution in [0.3, 0.4) is 0 Å². The second kappa shape index (κ2) is 10.8. The van der Waals surface area contributed by atoms with Crippen LogP contribution in [0.25, 0.3) is 11.0 Å². The number of likely N-dealkylation sites (tertiary alicyclic amines) is 1. The van der Waals surface area contributed by atoms with E-state index in [-0.39, 0.29) is 24.9 Å². The third-order valence-electron chi connectivity index (χ3n) is 7.14. The summed E-state index contributed by atoms with van der Waals surface area (Å²) in [4.78, 5) is 37.0. The summed E-state index contributed by atoms with van der Waals surface area (Å²) < 4.78 is 43.1. The van der Waals surface area contributed by atoms with Gasteiger partial charge in [0.05, 0.1) is 27.8 Å². The molecule has 0 spiro atoms. The van der Waals surface area contributed by atoms with Crippen LogP contribution in [-0.4, -0.2) is 55.6 Å². The minimum absolute atomic E-state index is 0.233. The van der Waals surface area contributed by atoms with E-state index in [0.29, 0.717) is 28.0 Å². The minimum atomic E-state index is -4.78. The summed E-state index contributed by atoms with van der Waals surface area (Å²) in [5.41, 5.74) is -0.448. The predicted octanol–water partition coefficient (Wildman–Crippen LogP) is 5.68. The van der Waals surface area contributed by atoms with Crippen LogP contribution in [0.4, 0.5) is 13.2 Å². The maximum Gasteiger partial charge on any atom is 0.433 e. The van der Waals surface area contributed by atoms with Crippen molar-refractivity contribution in [2.75, 3.05) is 13.1 Å². The lowest BCUT2D eigenvalue weighted by atomic mass is 9.85. The second-order valence-corrected chi connectivity index (χ2v) is 11.4. The van der Waals surface area contributed by atoms with Gasteiger partial charge in [-0.25, -0.2) is 0 Å². The molecule has 1 aliphatic heterocycles. The van der Waals surface area contributed by atoms with Gasteiger partial charge in [0.2, 0.25) is 0 Å². The summed E-state index contributed by atoms with van der Waals surface area (Å²) in [6, 6.07) is 11.9. The Morgan fingerprint density at radius 1 is 1.05 bits per heavy atom. The fourth-order valence-corrected chi connectivity index (χ4v) is 5.49. The van der Waals surface area contributed by atoms with Crippen LogP contribution in [0.5, 0.6) is 0 Å². The molecule has 8 nitrogen and oxygen atoms in total. The van der Waals surface area contributed by atoms with Gasteiger partial charge < -0.3 is 10.2 Å². The molecule has 0 saturated carbocycles. The zero-order valence-electron chi connectivity index (χ0n) is 22.6. The number of benzene rings is 2. The van der Waals surface area contributed by atoms with E-state index in [1.807, 2.05) is 30.3 Å². The maximum absolute atomic E-state index is 14.1. The van der Waals surface area contributed by atoms with Gasteiger partial charge in [-0.1, -0.05) is 41.9 Å². The van der Waals surface area contributed by atoms with Crippen molar-refractivity contribution in [2.45, 2.75) is 50.9 Å². The highest BCUT2D eigenvalue weighted by atomic mass is 35.5. The number of carbonyl (C=O) groups excluding carboxylic acids is 2. The molecule has 1 aliphatic rings. The van der Waals surface area contributed by atoms with E-state index in [1.165, 1.54) is 12.4 Å². The molecule has 2 aromatic carbocycles. The van der Waals surface area contributed by atoms with Gasteiger partial charge in [0.15, 0.2) is 5.69 Å². The van der Waals surface area contributed by atoms with Crippen LogP contribution >= 0.6 is 11.6 Å². The fraction of sp³-hybridized carbons (Fsp3) is 0.345. The summed E-state index contributed by atoms with van der Waals surface area (Å²) in [7, 11) is 0. The molecule has 12 heteroatoms. The smallest absolute Gasteiger partial charge is 0.348 e. The molecule has 0 aliphatic carbocycles. The molecule has 1 fully saturated rings. The topological polar surface area (TPSA) is 93.0 Å². The van der Waals surface area contributed by atoms with E-state index >= 15 is 0 Å². The number of carbonyl (C=O) groups is 2. The first kappa shape index (κ1) is 28.5. The highest BCUT2D eigenvalue weighted by molar-refractivity contribution is 6.35. The molecule has 3 heterocycles. The van der Waals surface area contributed by atoms with Gasteiger partial charge in [-0.2, -0.15) is 18.3 Å². The first-order valence-corrected chi connectivity index (χ1v) is 13.4. The van der Waals surface area contributed by atoms with Crippen LogP contribution in [0.2, 0.25) is 5.02 Å². The normalized spacial score (nSPS) is 18.0. The van der Waals surface area contributed by atoms with Crippen molar-refractivity contribution in [3.63, 3.8) is 0 Å². The Morgan fingerprint density at radius 2 is 1.76 bits per heavy atom. The summed E-state index contributed by atoms with van der Waals surface area (Å²) >= 11 is 6.38. The number of nitrogens with zero attached hydrogens (tertiary/aromatic N) is 5. The lowest BCUT2D eigenvalue weighted by Gasteiger charge is -2.39. The van der Waals surface area contributed by atoms with Gasteiger partial charge in [0, 0.05) is 43.0 Å². The van der Waals surface area contributed by atoms with Crippen LogP contribution < -0.4 is 5.32 Å². The van der Waals surface area contributed by atoms with Crippen molar-refractivity contribution in [2.24, 2.45) is 0 Å². The predicted molar refractivity (Wildman–Crippen MR) is 148 cm³/mol. The molecule has 5 rings (SSSR count). The van der Waals surface area contributed by atoms with Crippen molar-refractivity contribution < 1.29 is 22.8 Å². The van der Waals surface area contributed by atoms with E-state index in [0.717, 1.165) is 16.4 Å². The molecule has 2 amide bonds. The van der Waals surface area contributed by atoms with Crippen molar-refractivity contribution in [1.29, 1.82) is 0 Å². The average Bonchev–Trinajstić information content (AvgIpc) is 3.41. The van der Waals surface area contributed by atoms with Gasteiger partial charge in [-0.3, -0.25) is 24.2 Å². The number of amides is 2. The van der Waals surface area contributed by atoms with Crippen molar-refractivity contribution in [3.8, 4) is 0 Å². The number of hydrogen-bond donors (Lipinski definition) is 1. The van der Waals surface area contributed by atoms with E-state index in [4.69, 9.17) is 11.6 Å². The molecular formula is C29H28ClF3N6O2. The molecule has 2 aromatic heterocycles.